The number of aromatic nitrogens is 3. The Labute approximate surface area is 117 Å². The van der Waals surface area contributed by atoms with E-state index in [1.54, 1.807) is 12.4 Å². The van der Waals surface area contributed by atoms with Crippen molar-refractivity contribution in [3.63, 3.8) is 0 Å². The van der Waals surface area contributed by atoms with E-state index in [1.165, 1.54) is 11.9 Å². The molecule has 2 aromatic heterocycles. The predicted molar refractivity (Wildman–Crippen MR) is 76.1 cm³/mol. The van der Waals surface area contributed by atoms with E-state index in [4.69, 9.17) is 11.6 Å². The second-order valence-corrected chi connectivity index (χ2v) is 4.44. The molecule has 5 nitrogen and oxygen atoms in total. The van der Waals surface area contributed by atoms with Crippen LogP contribution in [0, 0.1) is 0 Å². The minimum Gasteiger partial charge on any atom is -0.369 e. The molecule has 0 atom stereocenters. The van der Waals surface area contributed by atoms with Crippen LogP contribution in [0.15, 0.2) is 37.1 Å². The first-order valence-corrected chi connectivity index (χ1v) is 6.53. The number of hydrogen-bond acceptors (Lipinski definition) is 5. The normalized spacial score (nSPS) is 10.4. The van der Waals surface area contributed by atoms with Gasteiger partial charge in [0, 0.05) is 25.5 Å². The Morgan fingerprint density at radius 3 is 2.89 bits per heavy atom. The van der Waals surface area contributed by atoms with Gasteiger partial charge in [0.2, 0.25) is 0 Å². The van der Waals surface area contributed by atoms with Gasteiger partial charge in [0.25, 0.3) is 0 Å². The van der Waals surface area contributed by atoms with Crippen LogP contribution >= 0.6 is 11.6 Å². The van der Waals surface area contributed by atoms with Gasteiger partial charge in [0.15, 0.2) is 0 Å². The lowest BCUT2D eigenvalue weighted by atomic mass is 10.3. The maximum Gasteiger partial charge on any atom is 0.148 e. The lowest BCUT2D eigenvalue weighted by Crippen LogP contribution is -2.18. The zero-order valence-corrected chi connectivity index (χ0v) is 11.3. The molecule has 2 heterocycles. The molecule has 0 aliphatic heterocycles. The van der Waals surface area contributed by atoms with Crippen LogP contribution in [0.1, 0.15) is 12.0 Å². The monoisotopic (exact) mass is 277 g/mol. The van der Waals surface area contributed by atoms with Crippen LogP contribution in [-0.4, -0.2) is 28.0 Å². The zero-order valence-electron chi connectivity index (χ0n) is 10.5. The molecule has 0 aliphatic carbocycles. The van der Waals surface area contributed by atoms with Gasteiger partial charge >= 0.3 is 0 Å². The molecule has 0 fully saturated rings. The minimum atomic E-state index is 0.547. The number of rotatable bonds is 7. The molecule has 6 heteroatoms. The summed E-state index contributed by atoms with van der Waals surface area (Å²) in [6.07, 6.45) is 7.69. The summed E-state index contributed by atoms with van der Waals surface area (Å²) in [4.78, 5) is 12.0. The molecule has 2 N–H and O–H groups in total. The molecule has 0 radical (unpaired) electrons. The van der Waals surface area contributed by atoms with Crippen LogP contribution in [0.3, 0.4) is 0 Å². The van der Waals surface area contributed by atoms with E-state index in [1.807, 2.05) is 12.3 Å². The third-order valence-electron chi connectivity index (χ3n) is 2.54. The Balaban J connectivity index is 1.59. The molecule has 0 unspecified atom stereocenters. The Kier molecular flexibility index (Phi) is 5.52. The van der Waals surface area contributed by atoms with Gasteiger partial charge in [-0.1, -0.05) is 17.7 Å². The SMILES string of the molecule is Clc1cncnc1NCCCNCc1cccnc1. The quantitative estimate of drug-likeness (QED) is 0.759. The highest BCUT2D eigenvalue weighted by Crippen LogP contribution is 2.15. The summed E-state index contributed by atoms with van der Waals surface area (Å²) in [6.45, 7) is 2.57. The van der Waals surface area contributed by atoms with Crippen LogP contribution in [0.4, 0.5) is 5.82 Å². The number of hydrogen-bond donors (Lipinski definition) is 2. The van der Waals surface area contributed by atoms with Gasteiger partial charge in [-0.3, -0.25) is 4.98 Å². The van der Waals surface area contributed by atoms with Gasteiger partial charge < -0.3 is 10.6 Å². The van der Waals surface area contributed by atoms with Crippen LogP contribution in [-0.2, 0) is 6.54 Å². The highest BCUT2D eigenvalue weighted by Gasteiger charge is 1.99. The summed E-state index contributed by atoms with van der Waals surface area (Å²) in [5.74, 6) is 0.684. The lowest BCUT2D eigenvalue weighted by Gasteiger charge is -2.07. The third kappa shape index (κ3) is 4.81. The minimum absolute atomic E-state index is 0.547. The van der Waals surface area contributed by atoms with Gasteiger partial charge in [0.1, 0.15) is 17.2 Å². The van der Waals surface area contributed by atoms with Crippen molar-refractivity contribution in [2.24, 2.45) is 0 Å². The number of halogens is 1. The Hall–Kier alpha value is -1.72. The van der Waals surface area contributed by atoms with Crippen LogP contribution in [0.5, 0.6) is 0 Å². The van der Waals surface area contributed by atoms with E-state index in [-0.39, 0.29) is 0 Å². The Morgan fingerprint density at radius 2 is 2.11 bits per heavy atom. The van der Waals surface area contributed by atoms with Gasteiger partial charge in [0.05, 0.1) is 6.20 Å². The molecule has 0 bridgehead atoms. The van der Waals surface area contributed by atoms with E-state index in [0.717, 1.165) is 26.1 Å². The molecule has 100 valence electrons. The van der Waals surface area contributed by atoms with Gasteiger partial charge in [-0.2, -0.15) is 0 Å². The van der Waals surface area contributed by atoms with E-state index < -0.39 is 0 Å². The smallest absolute Gasteiger partial charge is 0.148 e. The predicted octanol–water partition coefficient (Wildman–Crippen LogP) is 2.12. The topological polar surface area (TPSA) is 62.7 Å². The average molecular weight is 278 g/mol. The van der Waals surface area contributed by atoms with Crippen molar-refractivity contribution < 1.29 is 0 Å². The summed E-state index contributed by atoms with van der Waals surface area (Å²) >= 11 is 5.93. The average Bonchev–Trinajstić information content (AvgIpc) is 2.45. The Morgan fingerprint density at radius 1 is 1.16 bits per heavy atom. The summed E-state index contributed by atoms with van der Waals surface area (Å²) in [5, 5.41) is 7.08. The number of nitrogens with zero attached hydrogens (tertiary/aromatic N) is 3. The van der Waals surface area contributed by atoms with Crippen molar-refractivity contribution in [3.8, 4) is 0 Å². The molecule has 2 aromatic rings. The van der Waals surface area contributed by atoms with Crippen molar-refractivity contribution in [2.45, 2.75) is 13.0 Å². The molecule has 0 amide bonds. The number of pyridine rings is 1. The van der Waals surface area contributed by atoms with E-state index in [9.17, 15) is 0 Å². The molecule has 19 heavy (non-hydrogen) atoms. The van der Waals surface area contributed by atoms with Crippen LogP contribution in [0.25, 0.3) is 0 Å². The third-order valence-corrected chi connectivity index (χ3v) is 2.82. The second kappa shape index (κ2) is 7.66. The molecular formula is C13H16ClN5. The second-order valence-electron chi connectivity index (χ2n) is 4.04. The molecule has 0 aliphatic rings. The molecule has 0 saturated heterocycles. The molecule has 0 aromatic carbocycles. The first-order chi connectivity index (χ1) is 9.36. The highest BCUT2D eigenvalue weighted by molar-refractivity contribution is 6.32. The maximum absolute atomic E-state index is 5.93. The molecule has 0 spiro atoms. The van der Waals surface area contributed by atoms with Gasteiger partial charge in [-0.25, -0.2) is 9.97 Å². The fraction of sp³-hybridized carbons (Fsp3) is 0.308. The van der Waals surface area contributed by atoms with Crippen molar-refractivity contribution in [1.82, 2.24) is 20.3 Å². The van der Waals surface area contributed by atoms with Crippen LogP contribution in [0.2, 0.25) is 5.02 Å². The summed E-state index contributed by atoms with van der Waals surface area (Å²) in [7, 11) is 0. The van der Waals surface area contributed by atoms with Gasteiger partial charge in [-0.05, 0) is 24.6 Å². The number of nitrogens with one attached hydrogen (secondary N) is 2. The standard InChI is InChI=1S/C13H16ClN5/c14-12-9-17-10-19-13(12)18-6-2-5-16-8-11-3-1-4-15-7-11/h1,3-4,7,9-10,16H,2,5-6,8H2,(H,17,18,19). The molecule has 0 saturated carbocycles. The van der Waals surface area contributed by atoms with Gasteiger partial charge in [-0.15, -0.1) is 0 Å². The zero-order chi connectivity index (χ0) is 13.3. The fourth-order valence-electron chi connectivity index (χ4n) is 1.60. The highest BCUT2D eigenvalue weighted by atomic mass is 35.5. The maximum atomic E-state index is 5.93. The summed E-state index contributed by atoms with van der Waals surface area (Å²) in [5.41, 5.74) is 1.19. The largest absolute Gasteiger partial charge is 0.369 e. The van der Waals surface area contributed by atoms with Crippen molar-refractivity contribution in [2.75, 3.05) is 18.4 Å². The van der Waals surface area contributed by atoms with Crippen LogP contribution < -0.4 is 10.6 Å². The van der Waals surface area contributed by atoms with E-state index in [0.29, 0.717) is 10.8 Å². The Bertz CT molecular complexity index is 491. The lowest BCUT2D eigenvalue weighted by molar-refractivity contribution is 0.661. The summed E-state index contributed by atoms with van der Waals surface area (Å²) in [6, 6.07) is 3.99. The van der Waals surface area contributed by atoms with E-state index >= 15 is 0 Å². The van der Waals surface area contributed by atoms with Crippen molar-refractivity contribution >= 4 is 17.4 Å². The fourth-order valence-corrected chi connectivity index (χ4v) is 1.77. The summed E-state index contributed by atoms with van der Waals surface area (Å²) < 4.78 is 0. The number of anilines is 1. The van der Waals surface area contributed by atoms with Crippen molar-refractivity contribution in [3.05, 3.63) is 47.6 Å². The molecular weight excluding hydrogens is 262 g/mol. The van der Waals surface area contributed by atoms with Crippen molar-refractivity contribution in [1.29, 1.82) is 0 Å². The first-order valence-electron chi connectivity index (χ1n) is 6.15. The van der Waals surface area contributed by atoms with E-state index in [2.05, 4.69) is 31.7 Å². The molecule has 2 rings (SSSR count). The first kappa shape index (κ1) is 13.7.